The summed E-state index contributed by atoms with van der Waals surface area (Å²) in [6, 6.07) is 7.23. The summed E-state index contributed by atoms with van der Waals surface area (Å²) in [4.78, 5) is 12.2. The van der Waals surface area contributed by atoms with Crippen molar-refractivity contribution >= 4 is 23.2 Å². The van der Waals surface area contributed by atoms with Crippen LogP contribution in [0.4, 0.5) is 5.69 Å². The molecule has 21 heavy (non-hydrogen) atoms. The topological polar surface area (TPSA) is 59.0 Å². The van der Waals surface area contributed by atoms with E-state index in [9.17, 15) is 4.79 Å². The van der Waals surface area contributed by atoms with Gasteiger partial charge in [0.05, 0.1) is 11.4 Å². The summed E-state index contributed by atoms with van der Waals surface area (Å²) >= 11 is 6.04. The number of benzene rings is 1. The molecule has 110 valence electrons. The highest BCUT2D eigenvalue weighted by atomic mass is 35.5. The summed E-state index contributed by atoms with van der Waals surface area (Å²) in [5, 5.41) is 11.0. The van der Waals surface area contributed by atoms with Crippen LogP contribution in [0.15, 0.2) is 36.7 Å². The summed E-state index contributed by atoms with van der Waals surface area (Å²) in [7, 11) is 0. The third-order valence-electron chi connectivity index (χ3n) is 3.62. The number of rotatable bonds is 4. The zero-order chi connectivity index (χ0) is 14.7. The molecule has 5 nitrogen and oxygen atoms in total. The molecule has 3 rings (SSSR count). The van der Waals surface area contributed by atoms with E-state index in [0.29, 0.717) is 23.0 Å². The van der Waals surface area contributed by atoms with Gasteiger partial charge in [0.15, 0.2) is 0 Å². The number of aromatic nitrogens is 2. The Bertz CT molecular complexity index is 621. The Labute approximate surface area is 128 Å². The molecule has 1 atom stereocenters. The molecule has 6 heteroatoms. The first-order valence-electron chi connectivity index (χ1n) is 7.02. The molecule has 1 amide bonds. The number of hydrogen-bond acceptors (Lipinski definition) is 3. The third kappa shape index (κ3) is 3.43. The largest absolute Gasteiger partial charge is 0.324 e. The minimum absolute atomic E-state index is 0.0133. The molecule has 1 fully saturated rings. The number of anilines is 1. The Balaban J connectivity index is 1.77. The first-order chi connectivity index (χ1) is 10.2. The van der Waals surface area contributed by atoms with Crippen molar-refractivity contribution in [3.05, 3.63) is 41.7 Å². The summed E-state index contributed by atoms with van der Waals surface area (Å²) in [6.45, 7) is 1.91. The van der Waals surface area contributed by atoms with Gasteiger partial charge in [0.2, 0.25) is 5.91 Å². The van der Waals surface area contributed by atoms with Crippen LogP contribution in [0.25, 0.3) is 5.69 Å². The maximum absolute atomic E-state index is 12.2. The quantitative estimate of drug-likeness (QED) is 0.912. The van der Waals surface area contributed by atoms with Gasteiger partial charge in [-0.2, -0.15) is 5.10 Å². The van der Waals surface area contributed by atoms with Gasteiger partial charge >= 0.3 is 0 Å². The van der Waals surface area contributed by atoms with Gasteiger partial charge in [-0.1, -0.05) is 11.6 Å². The van der Waals surface area contributed by atoms with Crippen molar-refractivity contribution < 1.29 is 4.79 Å². The minimum Gasteiger partial charge on any atom is -0.324 e. The molecular formula is C15H17ClN4O. The maximum atomic E-state index is 12.2. The van der Waals surface area contributed by atoms with Gasteiger partial charge in [-0.25, -0.2) is 4.68 Å². The number of nitrogens with one attached hydrogen (secondary N) is 2. The van der Waals surface area contributed by atoms with Crippen LogP contribution in [-0.4, -0.2) is 28.8 Å². The minimum atomic E-state index is 0.0133. The predicted octanol–water partition coefficient (Wildman–Crippen LogP) is 2.46. The molecule has 1 aromatic carbocycles. The normalized spacial score (nSPS) is 17.9. The lowest BCUT2D eigenvalue weighted by Gasteiger charge is -2.13. The van der Waals surface area contributed by atoms with Gasteiger partial charge < -0.3 is 10.6 Å². The molecule has 0 aliphatic carbocycles. The SMILES string of the molecule is O=C(CC1CCNC1)Nc1cc(Cl)ccc1-n1cccn1. The molecule has 0 radical (unpaired) electrons. The standard InChI is InChI=1S/C15H17ClN4O/c16-12-2-3-14(20-7-1-5-18-20)13(9-12)19-15(21)8-11-4-6-17-10-11/h1-3,5,7,9,11,17H,4,6,8,10H2,(H,19,21). The van der Waals surface area contributed by atoms with E-state index in [4.69, 9.17) is 11.6 Å². The van der Waals surface area contributed by atoms with E-state index in [1.54, 1.807) is 23.0 Å². The first-order valence-corrected chi connectivity index (χ1v) is 7.40. The van der Waals surface area contributed by atoms with Crippen molar-refractivity contribution in [1.29, 1.82) is 0 Å². The van der Waals surface area contributed by atoms with E-state index < -0.39 is 0 Å². The van der Waals surface area contributed by atoms with Gasteiger partial charge in [0.1, 0.15) is 0 Å². The van der Waals surface area contributed by atoms with Crippen molar-refractivity contribution in [2.45, 2.75) is 12.8 Å². The van der Waals surface area contributed by atoms with E-state index in [-0.39, 0.29) is 5.91 Å². The summed E-state index contributed by atoms with van der Waals surface area (Å²) in [5.41, 5.74) is 1.49. The van der Waals surface area contributed by atoms with Gasteiger partial charge in [-0.3, -0.25) is 4.79 Å². The highest BCUT2D eigenvalue weighted by Gasteiger charge is 2.19. The molecule has 1 unspecified atom stereocenters. The lowest BCUT2D eigenvalue weighted by atomic mass is 10.0. The highest BCUT2D eigenvalue weighted by Crippen LogP contribution is 2.25. The average molecular weight is 305 g/mol. The van der Waals surface area contributed by atoms with E-state index in [0.717, 1.165) is 25.2 Å². The van der Waals surface area contributed by atoms with E-state index in [1.807, 2.05) is 18.3 Å². The molecule has 2 aromatic rings. The highest BCUT2D eigenvalue weighted by molar-refractivity contribution is 6.31. The van der Waals surface area contributed by atoms with Crippen LogP contribution >= 0.6 is 11.6 Å². The third-order valence-corrected chi connectivity index (χ3v) is 3.86. The second kappa shape index (κ2) is 6.28. The van der Waals surface area contributed by atoms with Crippen LogP contribution in [0.5, 0.6) is 0 Å². The van der Waals surface area contributed by atoms with Crippen molar-refractivity contribution in [3.63, 3.8) is 0 Å². The Morgan fingerprint density at radius 3 is 3.14 bits per heavy atom. The van der Waals surface area contributed by atoms with Crippen LogP contribution < -0.4 is 10.6 Å². The molecule has 2 N–H and O–H groups in total. The predicted molar refractivity (Wildman–Crippen MR) is 82.8 cm³/mol. The van der Waals surface area contributed by atoms with Crippen molar-refractivity contribution in [2.75, 3.05) is 18.4 Å². The molecule has 1 saturated heterocycles. The molecule has 1 aliphatic heterocycles. The van der Waals surface area contributed by atoms with Crippen LogP contribution in [-0.2, 0) is 4.79 Å². The number of hydrogen-bond donors (Lipinski definition) is 2. The smallest absolute Gasteiger partial charge is 0.224 e. The maximum Gasteiger partial charge on any atom is 0.224 e. The molecule has 2 heterocycles. The Hall–Kier alpha value is -1.85. The monoisotopic (exact) mass is 304 g/mol. The number of carbonyl (C=O) groups is 1. The van der Waals surface area contributed by atoms with E-state index >= 15 is 0 Å². The summed E-state index contributed by atoms with van der Waals surface area (Å²) < 4.78 is 1.71. The molecule has 0 saturated carbocycles. The molecule has 0 spiro atoms. The molecule has 1 aromatic heterocycles. The van der Waals surface area contributed by atoms with Gasteiger partial charge in [0.25, 0.3) is 0 Å². The average Bonchev–Trinajstić information content (AvgIpc) is 3.11. The zero-order valence-corrected chi connectivity index (χ0v) is 12.3. The van der Waals surface area contributed by atoms with Gasteiger partial charge in [-0.05, 0) is 49.7 Å². The van der Waals surface area contributed by atoms with Crippen molar-refractivity contribution in [1.82, 2.24) is 15.1 Å². The van der Waals surface area contributed by atoms with Gasteiger partial charge in [-0.15, -0.1) is 0 Å². The van der Waals surface area contributed by atoms with Crippen molar-refractivity contribution in [2.24, 2.45) is 5.92 Å². The van der Waals surface area contributed by atoms with Crippen LogP contribution in [0.2, 0.25) is 5.02 Å². The lowest BCUT2D eigenvalue weighted by molar-refractivity contribution is -0.116. The number of halogens is 1. The van der Waals surface area contributed by atoms with Crippen LogP contribution in [0.3, 0.4) is 0 Å². The zero-order valence-electron chi connectivity index (χ0n) is 11.6. The fourth-order valence-electron chi connectivity index (χ4n) is 2.57. The molecule has 1 aliphatic rings. The molecule has 0 bridgehead atoms. The second-order valence-corrected chi connectivity index (χ2v) is 5.66. The summed E-state index contributed by atoms with van der Waals surface area (Å²) in [6.07, 6.45) is 5.11. The van der Waals surface area contributed by atoms with E-state index in [1.165, 1.54) is 0 Å². The summed E-state index contributed by atoms with van der Waals surface area (Å²) in [5.74, 6) is 0.428. The lowest BCUT2D eigenvalue weighted by Crippen LogP contribution is -2.19. The first kappa shape index (κ1) is 14.1. The van der Waals surface area contributed by atoms with Crippen molar-refractivity contribution in [3.8, 4) is 5.69 Å². The number of carbonyl (C=O) groups excluding carboxylic acids is 1. The Morgan fingerprint density at radius 2 is 2.43 bits per heavy atom. The van der Waals surface area contributed by atoms with E-state index in [2.05, 4.69) is 15.7 Å². The molecular weight excluding hydrogens is 288 g/mol. The number of nitrogens with zero attached hydrogens (tertiary/aromatic N) is 2. The Kier molecular flexibility index (Phi) is 4.22. The van der Waals surface area contributed by atoms with Gasteiger partial charge in [0, 0.05) is 23.8 Å². The fraction of sp³-hybridized carbons (Fsp3) is 0.333. The number of amides is 1. The Morgan fingerprint density at radius 1 is 1.52 bits per heavy atom. The second-order valence-electron chi connectivity index (χ2n) is 5.22. The fourth-order valence-corrected chi connectivity index (χ4v) is 2.74. The van der Waals surface area contributed by atoms with Crippen LogP contribution in [0, 0.1) is 5.92 Å². The van der Waals surface area contributed by atoms with Crippen LogP contribution in [0.1, 0.15) is 12.8 Å².